The predicted octanol–water partition coefficient (Wildman–Crippen LogP) is 3.23. The molecular weight excluding hydrogens is 262 g/mol. The van der Waals surface area contributed by atoms with Gasteiger partial charge in [0, 0.05) is 31.2 Å². The van der Waals surface area contributed by atoms with Crippen LogP contribution in [0.5, 0.6) is 0 Å². The third-order valence-electron chi connectivity index (χ3n) is 3.79. The lowest BCUT2D eigenvalue weighted by molar-refractivity contribution is 0.461. The number of aromatic nitrogens is 3. The summed E-state index contributed by atoms with van der Waals surface area (Å²) in [6, 6.07) is 6.39. The Kier molecular flexibility index (Phi) is 4.61. The molecule has 0 radical (unpaired) electrons. The van der Waals surface area contributed by atoms with Crippen LogP contribution >= 0.6 is 0 Å². The molecule has 0 aliphatic heterocycles. The zero-order valence-corrected chi connectivity index (χ0v) is 12.1. The van der Waals surface area contributed by atoms with Gasteiger partial charge in [-0.15, -0.1) is 0 Å². The van der Waals surface area contributed by atoms with E-state index < -0.39 is 0 Å². The van der Waals surface area contributed by atoms with Crippen LogP contribution < -0.4 is 10.6 Å². The molecule has 1 saturated carbocycles. The standard InChI is InChI=1S/C16H21N5/c1-2-6-14(7-3-1)20-16-18-10-8-15(21-16)19-12-13-5-4-9-17-11-13/h4-5,8-11,14H,1-3,6-7,12H2,(H2,18,19,20,21). The van der Waals surface area contributed by atoms with Crippen molar-refractivity contribution < 1.29 is 0 Å². The van der Waals surface area contributed by atoms with Gasteiger partial charge in [0.1, 0.15) is 5.82 Å². The van der Waals surface area contributed by atoms with Crippen molar-refractivity contribution in [3.8, 4) is 0 Å². The van der Waals surface area contributed by atoms with E-state index in [1.54, 1.807) is 12.4 Å². The molecule has 21 heavy (non-hydrogen) atoms. The van der Waals surface area contributed by atoms with Gasteiger partial charge in [0.2, 0.25) is 5.95 Å². The minimum Gasteiger partial charge on any atom is -0.366 e. The molecule has 0 atom stereocenters. The maximum Gasteiger partial charge on any atom is 0.224 e. The highest BCUT2D eigenvalue weighted by atomic mass is 15.1. The highest BCUT2D eigenvalue weighted by Gasteiger charge is 2.14. The Morgan fingerprint density at radius 1 is 1.10 bits per heavy atom. The minimum absolute atomic E-state index is 0.521. The zero-order valence-electron chi connectivity index (χ0n) is 12.1. The van der Waals surface area contributed by atoms with Crippen molar-refractivity contribution in [3.63, 3.8) is 0 Å². The highest BCUT2D eigenvalue weighted by Crippen LogP contribution is 2.20. The third kappa shape index (κ3) is 4.15. The predicted molar refractivity (Wildman–Crippen MR) is 84.1 cm³/mol. The van der Waals surface area contributed by atoms with Crippen LogP contribution in [0.4, 0.5) is 11.8 Å². The Morgan fingerprint density at radius 3 is 2.81 bits per heavy atom. The van der Waals surface area contributed by atoms with Crippen molar-refractivity contribution in [2.45, 2.75) is 44.7 Å². The topological polar surface area (TPSA) is 62.7 Å². The van der Waals surface area contributed by atoms with Gasteiger partial charge in [-0.05, 0) is 30.5 Å². The van der Waals surface area contributed by atoms with E-state index >= 15 is 0 Å². The van der Waals surface area contributed by atoms with E-state index in [1.165, 1.54) is 32.1 Å². The second-order valence-electron chi connectivity index (χ2n) is 5.46. The summed E-state index contributed by atoms with van der Waals surface area (Å²) in [6.45, 7) is 0.716. The number of anilines is 2. The molecule has 0 unspecified atom stereocenters. The fourth-order valence-electron chi connectivity index (χ4n) is 2.65. The number of hydrogen-bond donors (Lipinski definition) is 2. The van der Waals surface area contributed by atoms with E-state index in [-0.39, 0.29) is 0 Å². The highest BCUT2D eigenvalue weighted by molar-refractivity contribution is 5.40. The van der Waals surface area contributed by atoms with Crippen molar-refractivity contribution in [2.75, 3.05) is 10.6 Å². The average Bonchev–Trinajstić information content (AvgIpc) is 2.55. The van der Waals surface area contributed by atoms with Crippen molar-refractivity contribution in [1.29, 1.82) is 0 Å². The van der Waals surface area contributed by atoms with Crippen LogP contribution in [0.25, 0.3) is 0 Å². The molecule has 2 aromatic rings. The van der Waals surface area contributed by atoms with E-state index in [2.05, 4.69) is 25.6 Å². The fourth-order valence-corrected chi connectivity index (χ4v) is 2.65. The van der Waals surface area contributed by atoms with Crippen LogP contribution in [0.1, 0.15) is 37.7 Å². The van der Waals surface area contributed by atoms with E-state index in [1.807, 2.05) is 24.4 Å². The summed E-state index contributed by atoms with van der Waals surface area (Å²) in [5.41, 5.74) is 1.14. The molecule has 5 nitrogen and oxygen atoms in total. The number of pyridine rings is 1. The molecule has 0 amide bonds. The molecule has 3 rings (SSSR count). The summed E-state index contributed by atoms with van der Waals surface area (Å²) in [7, 11) is 0. The van der Waals surface area contributed by atoms with Crippen molar-refractivity contribution in [2.24, 2.45) is 0 Å². The lowest BCUT2D eigenvalue weighted by atomic mass is 9.96. The Balaban J connectivity index is 1.57. The first kappa shape index (κ1) is 13.8. The van der Waals surface area contributed by atoms with Crippen LogP contribution in [0.2, 0.25) is 0 Å². The van der Waals surface area contributed by atoms with Gasteiger partial charge in [-0.1, -0.05) is 25.3 Å². The Bertz CT molecular complexity index is 552. The summed E-state index contributed by atoms with van der Waals surface area (Å²) >= 11 is 0. The van der Waals surface area contributed by atoms with Gasteiger partial charge >= 0.3 is 0 Å². The third-order valence-corrected chi connectivity index (χ3v) is 3.79. The van der Waals surface area contributed by atoms with Crippen LogP contribution in [0.3, 0.4) is 0 Å². The first-order valence-electron chi connectivity index (χ1n) is 7.62. The van der Waals surface area contributed by atoms with E-state index in [4.69, 9.17) is 0 Å². The molecule has 2 aromatic heterocycles. The fraction of sp³-hybridized carbons (Fsp3) is 0.438. The summed E-state index contributed by atoms with van der Waals surface area (Å²) in [5.74, 6) is 1.56. The molecular formula is C16H21N5. The molecule has 110 valence electrons. The van der Waals surface area contributed by atoms with Crippen molar-refractivity contribution in [1.82, 2.24) is 15.0 Å². The lowest BCUT2D eigenvalue weighted by Crippen LogP contribution is -2.23. The van der Waals surface area contributed by atoms with Crippen molar-refractivity contribution >= 4 is 11.8 Å². The first-order chi connectivity index (χ1) is 10.4. The maximum absolute atomic E-state index is 4.53. The normalized spacial score (nSPS) is 15.6. The number of nitrogens with zero attached hydrogens (tertiary/aromatic N) is 3. The van der Waals surface area contributed by atoms with Gasteiger partial charge in [-0.3, -0.25) is 4.98 Å². The molecule has 0 spiro atoms. The molecule has 2 N–H and O–H groups in total. The van der Waals surface area contributed by atoms with Crippen molar-refractivity contribution in [3.05, 3.63) is 42.4 Å². The molecule has 0 bridgehead atoms. The Morgan fingerprint density at radius 2 is 2.00 bits per heavy atom. The van der Waals surface area contributed by atoms with Gasteiger partial charge in [0.05, 0.1) is 0 Å². The molecule has 1 aliphatic rings. The van der Waals surface area contributed by atoms with E-state index in [0.717, 1.165) is 17.3 Å². The van der Waals surface area contributed by atoms with Gasteiger partial charge in [-0.25, -0.2) is 4.98 Å². The summed E-state index contributed by atoms with van der Waals surface area (Å²) in [6.07, 6.45) is 11.8. The van der Waals surface area contributed by atoms with Crippen LogP contribution in [0, 0.1) is 0 Å². The largest absolute Gasteiger partial charge is 0.366 e. The molecule has 5 heteroatoms. The molecule has 2 heterocycles. The van der Waals surface area contributed by atoms with Gasteiger partial charge < -0.3 is 10.6 Å². The van der Waals surface area contributed by atoms with Crippen LogP contribution in [-0.2, 0) is 6.54 Å². The molecule has 0 saturated heterocycles. The van der Waals surface area contributed by atoms with Gasteiger partial charge in [0.25, 0.3) is 0 Å². The van der Waals surface area contributed by atoms with E-state index in [0.29, 0.717) is 12.6 Å². The SMILES string of the molecule is c1cncc(CNc2ccnc(NC3CCCCC3)n2)c1. The quantitative estimate of drug-likeness (QED) is 0.882. The first-order valence-corrected chi connectivity index (χ1v) is 7.62. The van der Waals surface area contributed by atoms with Gasteiger partial charge in [0.15, 0.2) is 0 Å². The minimum atomic E-state index is 0.521. The zero-order chi connectivity index (χ0) is 14.3. The second kappa shape index (κ2) is 7.02. The maximum atomic E-state index is 4.53. The molecule has 1 aliphatic carbocycles. The summed E-state index contributed by atoms with van der Waals surface area (Å²) in [4.78, 5) is 12.9. The Hall–Kier alpha value is -2.17. The van der Waals surface area contributed by atoms with Gasteiger partial charge in [-0.2, -0.15) is 4.98 Å². The van der Waals surface area contributed by atoms with E-state index in [9.17, 15) is 0 Å². The Labute approximate surface area is 125 Å². The number of nitrogens with one attached hydrogen (secondary N) is 2. The monoisotopic (exact) mass is 283 g/mol. The number of hydrogen-bond acceptors (Lipinski definition) is 5. The molecule has 1 fully saturated rings. The number of rotatable bonds is 5. The summed E-state index contributed by atoms with van der Waals surface area (Å²) < 4.78 is 0. The summed E-state index contributed by atoms with van der Waals surface area (Å²) in [5, 5.41) is 6.75. The molecule has 0 aromatic carbocycles. The lowest BCUT2D eigenvalue weighted by Gasteiger charge is -2.22. The van der Waals surface area contributed by atoms with Crippen LogP contribution in [0.15, 0.2) is 36.8 Å². The average molecular weight is 283 g/mol. The smallest absolute Gasteiger partial charge is 0.224 e. The second-order valence-corrected chi connectivity index (χ2v) is 5.46. The van der Waals surface area contributed by atoms with Crippen LogP contribution in [-0.4, -0.2) is 21.0 Å².